The number of carboxylic acids is 1. The number of nitrogens with zero attached hydrogens (tertiary/aromatic N) is 2. The number of amides is 2. The minimum atomic E-state index is -1.13. The Kier molecular flexibility index (Phi) is 3.97. The van der Waals surface area contributed by atoms with Crippen LogP contribution in [-0.4, -0.2) is 40.0 Å². The van der Waals surface area contributed by atoms with E-state index in [9.17, 15) is 14.4 Å². The molecule has 0 spiro atoms. The van der Waals surface area contributed by atoms with Gasteiger partial charge in [-0.05, 0) is 25.5 Å². The van der Waals surface area contributed by atoms with Gasteiger partial charge >= 0.3 is 5.97 Å². The maximum atomic E-state index is 12.4. The number of pyridine rings is 1. The standard InChI is InChI=1S/C13H15N3O4/c1-8(13(19)20)16(10-4-2-3-7-14-10)12(18)9-5-6-11(17)15-9/h2-4,7-9H,5-6H2,1H3,(H,15,17)(H,19,20)/t8?,9-/m0/s1. The van der Waals surface area contributed by atoms with Gasteiger partial charge in [-0.15, -0.1) is 0 Å². The fourth-order valence-corrected chi connectivity index (χ4v) is 2.08. The molecule has 1 aliphatic heterocycles. The third kappa shape index (κ3) is 2.76. The van der Waals surface area contributed by atoms with Crippen molar-refractivity contribution in [1.29, 1.82) is 0 Å². The Morgan fingerprint density at radius 1 is 1.50 bits per heavy atom. The van der Waals surface area contributed by atoms with Crippen molar-refractivity contribution in [3.05, 3.63) is 24.4 Å². The van der Waals surface area contributed by atoms with Gasteiger partial charge in [-0.2, -0.15) is 0 Å². The van der Waals surface area contributed by atoms with E-state index in [-0.39, 0.29) is 18.1 Å². The van der Waals surface area contributed by atoms with Gasteiger partial charge in [-0.1, -0.05) is 6.07 Å². The molecule has 2 N–H and O–H groups in total. The van der Waals surface area contributed by atoms with Gasteiger partial charge in [0.25, 0.3) is 5.91 Å². The van der Waals surface area contributed by atoms with Gasteiger partial charge in [-0.25, -0.2) is 9.78 Å². The van der Waals surface area contributed by atoms with E-state index in [4.69, 9.17) is 5.11 Å². The van der Waals surface area contributed by atoms with Gasteiger partial charge in [0.15, 0.2) is 0 Å². The lowest BCUT2D eigenvalue weighted by molar-refractivity contribution is -0.139. The van der Waals surface area contributed by atoms with Gasteiger partial charge in [0, 0.05) is 12.6 Å². The summed E-state index contributed by atoms with van der Waals surface area (Å²) < 4.78 is 0. The first-order valence-electron chi connectivity index (χ1n) is 6.27. The second kappa shape index (κ2) is 5.68. The summed E-state index contributed by atoms with van der Waals surface area (Å²) in [6, 6.07) is 3.16. The number of nitrogens with one attached hydrogen (secondary N) is 1. The molecule has 7 heteroatoms. The van der Waals surface area contributed by atoms with E-state index in [1.807, 2.05) is 0 Å². The molecule has 0 bridgehead atoms. The number of carboxylic acid groups (broad SMARTS) is 1. The molecular weight excluding hydrogens is 262 g/mol. The summed E-state index contributed by atoms with van der Waals surface area (Å²) in [6.07, 6.45) is 2.12. The molecule has 20 heavy (non-hydrogen) atoms. The monoisotopic (exact) mass is 277 g/mol. The number of hydrogen-bond acceptors (Lipinski definition) is 4. The third-order valence-corrected chi connectivity index (χ3v) is 3.17. The van der Waals surface area contributed by atoms with Crippen LogP contribution in [0.3, 0.4) is 0 Å². The second-order valence-corrected chi connectivity index (χ2v) is 4.57. The van der Waals surface area contributed by atoms with Gasteiger partial charge in [-0.3, -0.25) is 14.5 Å². The fourth-order valence-electron chi connectivity index (χ4n) is 2.08. The minimum Gasteiger partial charge on any atom is -0.480 e. The Balaban J connectivity index is 2.29. The van der Waals surface area contributed by atoms with Crippen molar-refractivity contribution in [3.63, 3.8) is 0 Å². The molecule has 0 radical (unpaired) electrons. The van der Waals surface area contributed by atoms with Crippen molar-refractivity contribution in [2.75, 3.05) is 4.90 Å². The molecule has 7 nitrogen and oxygen atoms in total. The number of rotatable bonds is 4. The average molecular weight is 277 g/mol. The smallest absolute Gasteiger partial charge is 0.326 e. The van der Waals surface area contributed by atoms with E-state index < -0.39 is 24.0 Å². The molecule has 1 aromatic rings. The van der Waals surface area contributed by atoms with Gasteiger partial charge < -0.3 is 10.4 Å². The fraction of sp³-hybridized carbons (Fsp3) is 0.385. The molecule has 0 saturated carbocycles. The van der Waals surface area contributed by atoms with Crippen LogP contribution in [0.1, 0.15) is 19.8 Å². The number of carbonyl (C=O) groups excluding carboxylic acids is 2. The van der Waals surface area contributed by atoms with Crippen LogP contribution in [0.4, 0.5) is 5.82 Å². The molecule has 1 aliphatic rings. The third-order valence-electron chi connectivity index (χ3n) is 3.17. The molecule has 0 aromatic carbocycles. The Hall–Kier alpha value is -2.44. The van der Waals surface area contributed by atoms with E-state index in [1.54, 1.807) is 18.2 Å². The molecule has 0 aliphatic carbocycles. The number of aromatic nitrogens is 1. The quantitative estimate of drug-likeness (QED) is 0.817. The highest BCUT2D eigenvalue weighted by Crippen LogP contribution is 2.18. The number of carbonyl (C=O) groups is 3. The molecule has 1 fully saturated rings. The lowest BCUT2D eigenvalue weighted by atomic mass is 10.1. The van der Waals surface area contributed by atoms with Crippen molar-refractivity contribution >= 4 is 23.6 Å². The highest BCUT2D eigenvalue weighted by atomic mass is 16.4. The molecule has 1 unspecified atom stereocenters. The lowest BCUT2D eigenvalue weighted by Gasteiger charge is -2.27. The van der Waals surface area contributed by atoms with Crippen LogP contribution in [0.2, 0.25) is 0 Å². The van der Waals surface area contributed by atoms with E-state index >= 15 is 0 Å². The van der Waals surface area contributed by atoms with Crippen LogP contribution in [0.25, 0.3) is 0 Å². The highest BCUT2D eigenvalue weighted by molar-refractivity contribution is 6.03. The van der Waals surface area contributed by atoms with Crippen molar-refractivity contribution in [2.24, 2.45) is 0 Å². The zero-order valence-electron chi connectivity index (χ0n) is 10.9. The van der Waals surface area contributed by atoms with Gasteiger partial charge in [0.2, 0.25) is 5.91 Å². The first-order chi connectivity index (χ1) is 9.50. The van der Waals surface area contributed by atoms with Crippen molar-refractivity contribution in [2.45, 2.75) is 31.8 Å². The van der Waals surface area contributed by atoms with Crippen molar-refractivity contribution < 1.29 is 19.5 Å². The maximum absolute atomic E-state index is 12.4. The number of anilines is 1. The molecule has 106 valence electrons. The lowest BCUT2D eigenvalue weighted by Crippen LogP contribution is -2.51. The van der Waals surface area contributed by atoms with Crippen molar-refractivity contribution in [3.8, 4) is 0 Å². The zero-order valence-corrected chi connectivity index (χ0v) is 10.9. The molecule has 1 saturated heterocycles. The van der Waals surface area contributed by atoms with E-state index in [2.05, 4.69) is 10.3 Å². The van der Waals surface area contributed by atoms with Crippen LogP contribution in [0.15, 0.2) is 24.4 Å². The predicted molar refractivity (Wildman–Crippen MR) is 70.0 cm³/mol. The Morgan fingerprint density at radius 3 is 2.75 bits per heavy atom. The van der Waals surface area contributed by atoms with Crippen LogP contribution in [0.5, 0.6) is 0 Å². The Morgan fingerprint density at radius 2 is 2.25 bits per heavy atom. The first kappa shape index (κ1) is 14.0. The van der Waals surface area contributed by atoms with E-state index in [0.717, 1.165) is 4.90 Å². The largest absolute Gasteiger partial charge is 0.480 e. The molecule has 2 atom stereocenters. The van der Waals surface area contributed by atoms with Gasteiger partial charge in [0.05, 0.1) is 0 Å². The SMILES string of the molecule is CC(C(=O)O)N(C(=O)[C@@H]1CCC(=O)N1)c1ccccn1. The molecule has 2 heterocycles. The predicted octanol–water partition coefficient (Wildman–Crippen LogP) is 0.166. The summed E-state index contributed by atoms with van der Waals surface area (Å²) in [5.74, 6) is -1.53. The van der Waals surface area contributed by atoms with Gasteiger partial charge in [0.1, 0.15) is 17.9 Å². The minimum absolute atomic E-state index is 0.202. The summed E-state index contributed by atoms with van der Waals surface area (Å²) in [4.78, 5) is 40.0. The number of hydrogen-bond donors (Lipinski definition) is 2. The first-order valence-corrected chi connectivity index (χ1v) is 6.27. The van der Waals surface area contributed by atoms with Crippen LogP contribution in [0, 0.1) is 0 Å². The second-order valence-electron chi connectivity index (χ2n) is 4.57. The summed E-state index contributed by atoms with van der Waals surface area (Å²) in [6.45, 7) is 1.41. The summed E-state index contributed by atoms with van der Waals surface area (Å²) >= 11 is 0. The Bertz CT molecular complexity index is 532. The number of aliphatic carboxylic acids is 1. The zero-order chi connectivity index (χ0) is 14.7. The average Bonchev–Trinajstić information content (AvgIpc) is 2.86. The molecule has 2 rings (SSSR count). The Labute approximate surface area is 115 Å². The van der Waals surface area contributed by atoms with Crippen LogP contribution < -0.4 is 10.2 Å². The van der Waals surface area contributed by atoms with Crippen LogP contribution >= 0.6 is 0 Å². The van der Waals surface area contributed by atoms with E-state index in [1.165, 1.54) is 13.1 Å². The van der Waals surface area contributed by atoms with Crippen molar-refractivity contribution in [1.82, 2.24) is 10.3 Å². The van der Waals surface area contributed by atoms with Crippen LogP contribution in [-0.2, 0) is 14.4 Å². The highest BCUT2D eigenvalue weighted by Gasteiger charge is 2.36. The maximum Gasteiger partial charge on any atom is 0.326 e. The molecular formula is C13H15N3O4. The summed E-state index contributed by atoms with van der Waals surface area (Å²) in [7, 11) is 0. The molecule has 1 aromatic heterocycles. The normalized spacial score (nSPS) is 19.2. The molecule has 2 amide bonds. The summed E-state index contributed by atoms with van der Waals surface area (Å²) in [5, 5.41) is 11.7. The summed E-state index contributed by atoms with van der Waals surface area (Å²) in [5.41, 5.74) is 0. The topological polar surface area (TPSA) is 99.6 Å². The van der Waals surface area contributed by atoms with E-state index in [0.29, 0.717) is 6.42 Å².